The van der Waals surface area contributed by atoms with E-state index < -0.39 is 0 Å². The molecular weight excluding hydrogens is 413 g/mol. The van der Waals surface area contributed by atoms with Crippen LogP contribution in [0.1, 0.15) is 46.9 Å². The lowest BCUT2D eigenvalue weighted by atomic mass is 9.92. The van der Waals surface area contributed by atoms with Gasteiger partial charge in [0.05, 0.1) is 0 Å². The van der Waals surface area contributed by atoms with Crippen molar-refractivity contribution >= 4 is 5.91 Å². The standard InChI is InChI=1S/C23H28FN5O3/c1-15-19(14-28(2)3)21(27-31-15)23(30)29-12-10-16(11-13-29)4-9-20-25-22(32-26-20)17-5-7-18(24)8-6-17/h5-8,16H,4,9-14H2,1-3H3. The van der Waals surface area contributed by atoms with E-state index in [1.165, 1.54) is 12.1 Å². The van der Waals surface area contributed by atoms with Crippen LogP contribution in [-0.2, 0) is 13.0 Å². The second-order valence-corrected chi connectivity index (χ2v) is 8.60. The van der Waals surface area contributed by atoms with Gasteiger partial charge in [0.25, 0.3) is 11.8 Å². The predicted molar refractivity (Wildman–Crippen MR) is 115 cm³/mol. The Kier molecular flexibility index (Phi) is 6.64. The first kappa shape index (κ1) is 22.1. The highest BCUT2D eigenvalue weighted by molar-refractivity contribution is 5.93. The molecule has 0 radical (unpaired) electrons. The third-order valence-corrected chi connectivity index (χ3v) is 5.90. The molecule has 32 heavy (non-hydrogen) atoms. The number of piperidine rings is 1. The lowest BCUT2D eigenvalue weighted by Crippen LogP contribution is -2.39. The smallest absolute Gasteiger partial charge is 0.276 e. The van der Waals surface area contributed by atoms with Crippen molar-refractivity contribution in [1.29, 1.82) is 0 Å². The summed E-state index contributed by atoms with van der Waals surface area (Å²) in [5, 5.41) is 8.08. The van der Waals surface area contributed by atoms with Crippen LogP contribution in [0, 0.1) is 18.7 Å². The minimum absolute atomic E-state index is 0.0562. The van der Waals surface area contributed by atoms with Crippen LogP contribution >= 0.6 is 0 Å². The number of nitrogens with zero attached hydrogens (tertiary/aromatic N) is 5. The zero-order chi connectivity index (χ0) is 22.7. The number of rotatable bonds is 7. The molecule has 0 N–H and O–H groups in total. The van der Waals surface area contributed by atoms with Crippen LogP contribution in [0.2, 0.25) is 0 Å². The highest BCUT2D eigenvalue weighted by Gasteiger charge is 2.28. The molecule has 2 aromatic heterocycles. The second kappa shape index (κ2) is 9.60. The molecule has 4 rings (SSSR count). The first-order valence-corrected chi connectivity index (χ1v) is 10.9. The highest BCUT2D eigenvalue weighted by atomic mass is 19.1. The monoisotopic (exact) mass is 441 g/mol. The molecule has 0 spiro atoms. The van der Waals surface area contributed by atoms with Gasteiger partial charge in [0, 0.05) is 37.2 Å². The molecule has 170 valence electrons. The molecule has 0 aliphatic carbocycles. The molecule has 1 amide bonds. The summed E-state index contributed by atoms with van der Waals surface area (Å²) in [6.45, 7) is 3.86. The molecule has 0 unspecified atom stereocenters. The molecule has 1 saturated heterocycles. The molecule has 1 aliphatic rings. The Morgan fingerprint density at radius 3 is 2.56 bits per heavy atom. The number of benzene rings is 1. The number of carbonyl (C=O) groups excluding carboxylic acids is 1. The van der Waals surface area contributed by atoms with Crippen molar-refractivity contribution in [1.82, 2.24) is 25.1 Å². The van der Waals surface area contributed by atoms with Crippen molar-refractivity contribution in [2.75, 3.05) is 27.2 Å². The minimum atomic E-state index is -0.300. The summed E-state index contributed by atoms with van der Waals surface area (Å²) >= 11 is 0. The summed E-state index contributed by atoms with van der Waals surface area (Å²) < 4.78 is 23.7. The molecule has 0 saturated carbocycles. The van der Waals surface area contributed by atoms with E-state index in [2.05, 4.69) is 15.3 Å². The van der Waals surface area contributed by atoms with Gasteiger partial charge in [-0.05, 0) is 70.5 Å². The fraction of sp³-hybridized carbons (Fsp3) is 0.478. The maximum Gasteiger partial charge on any atom is 0.276 e. The Labute approximate surface area is 186 Å². The first-order valence-electron chi connectivity index (χ1n) is 10.9. The van der Waals surface area contributed by atoms with Crippen LogP contribution in [-0.4, -0.2) is 58.2 Å². The average Bonchev–Trinajstić information content (AvgIpc) is 3.40. The minimum Gasteiger partial charge on any atom is -0.361 e. The zero-order valence-corrected chi connectivity index (χ0v) is 18.7. The van der Waals surface area contributed by atoms with Gasteiger partial charge in [0.2, 0.25) is 0 Å². The van der Waals surface area contributed by atoms with Gasteiger partial charge in [-0.1, -0.05) is 10.3 Å². The van der Waals surface area contributed by atoms with Gasteiger partial charge in [0.1, 0.15) is 11.6 Å². The molecule has 0 bridgehead atoms. The molecule has 1 aromatic carbocycles. The second-order valence-electron chi connectivity index (χ2n) is 8.60. The molecular formula is C23H28FN5O3. The number of hydrogen-bond acceptors (Lipinski definition) is 7. The normalized spacial score (nSPS) is 15.0. The number of halogens is 1. The zero-order valence-electron chi connectivity index (χ0n) is 18.7. The number of hydrogen-bond donors (Lipinski definition) is 0. The van der Waals surface area contributed by atoms with Gasteiger partial charge < -0.3 is 18.8 Å². The van der Waals surface area contributed by atoms with Crippen molar-refractivity contribution < 1.29 is 18.2 Å². The van der Waals surface area contributed by atoms with Crippen molar-refractivity contribution in [3.63, 3.8) is 0 Å². The Balaban J connectivity index is 1.28. The summed E-state index contributed by atoms with van der Waals surface area (Å²) in [5.74, 6) is 1.88. The Hall–Kier alpha value is -3.07. The number of amides is 1. The summed E-state index contributed by atoms with van der Waals surface area (Å²) in [6.07, 6.45) is 3.49. The molecule has 0 atom stereocenters. The predicted octanol–water partition coefficient (Wildman–Crippen LogP) is 3.72. The SMILES string of the molecule is Cc1onc(C(=O)N2CCC(CCc3noc(-c4ccc(F)cc4)n3)CC2)c1CN(C)C. The van der Waals surface area contributed by atoms with Crippen LogP contribution < -0.4 is 0 Å². The summed E-state index contributed by atoms with van der Waals surface area (Å²) in [5.41, 5.74) is 1.99. The van der Waals surface area contributed by atoms with Gasteiger partial charge in [0.15, 0.2) is 11.5 Å². The Morgan fingerprint density at radius 2 is 1.88 bits per heavy atom. The van der Waals surface area contributed by atoms with Crippen LogP contribution in [0.5, 0.6) is 0 Å². The molecule has 8 nitrogen and oxygen atoms in total. The van der Waals surface area contributed by atoms with Crippen LogP contribution in [0.3, 0.4) is 0 Å². The lowest BCUT2D eigenvalue weighted by molar-refractivity contribution is 0.0674. The quantitative estimate of drug-likeness (QED) is 0.552. The largest absolute Gasteiger partial charge is 0.361 e. The van der Waals surface area contributed by atoms with Gasteiger partial charge in [-0.15, -0.1) is 0 Å². The van der Waals surface area contributed by atoms with Crippen LogP contribution in [0.25, 0.3) is 11.5 Å². The molecule has 9 heteroatoms. The lowest BCUT2D eigenvalue weighted by Gasteiger charge is -2.31. The summed E-state index contributed by atoms with van der Waals surface area (Å²) in [6, 6.07) is 6.00. The fourth-order valence-electron chi connectivity index (χ4n) is 4.03. The third-order valence-electron chi connectivity index (χ3n) is 5.90. The molecule has 3 heterocycles. The average molecular weight is 442 g/mol. The molecule has 1 aliphatic heterocycles. The van der Waals surface area contributed by atoms with Gasteiger partial charge in [-0.2, -0.15) is 4.98 Å². The van der Waals surface area contributed by atoms with Crippen LogP contribution in [0.4, 0.5) is 4.39 Å². The Morgan fingerprint density at radius 1 is 1.16 bits per heavy atom. The summed E-state index contributed by atoms with van der Waals surface area (Å²) in [4.78, 5) is 21.3. The first-order chi connectivity index (χ1) is 15.4. The number of carbonyl (C=O) groups is 1. The number of aryl methyl sites for hydroxylation is 2. The van der Waals surface area contributed by atoms with E-state index in [1.54, 1.807) is 12.1 Å². The van der Waals surface area contributed by atoms with Gasteiger partial charge in [-0.3, -0.25) is 4.79 Å². The highest BCUT2D eigenvalue weighted by Crippen LogP contribution is 2.25. The summed E-state index contributed by atoms with van der Waals surface area (Å²) in [7, 11) is 3.91. The van der Waals surface area contributed by atoms with E-state index >= 15 is 0 Å². The van der Waals surface area contributed by atoms with E-state index in [4.69, 9.17) is 9.05 Å². The van der Waals surface area contributed by atoms with E-state index in [1.807, 2.05) is 30.8 Å². The topological polar surface area (TPSA) is 88.5 Å². The van der Waals surface area contributed by atoms with Crippen LogP contribution in [0.15, 0.2) is 33.3 Å². The van der Waals surface area contributed by atoms with Crippen molar-refractivity contribution in [2.24, 2.45) is 5.92 Å². The third kappa shape index (κ3) is 5.04. The van der Waals surface area contributed by atoms with Crippen molar-refractivity contribution in [3.8, 4) is 11.5 Å². The van der Waals surface area contributed by atoms with Crippen molar-refractivity contribution in [3.05, 3.63) is 52.9 Å². The maximum atomic E-state index is 13.1. The van der Waals surface area contributed by atoms with Crippen molar-refractivity contribution in [2.45, 2.75) is 39.2 Å². The molecule has 3 aromatic rings. The van der Waals surface area contributed by atoms with E-state index in [-0.39, 0.29) is 11.7 Å². The maximum absolute atomic E-state index is 13.1. The molecule has 1 fully saturated rings. The Bertz CT molecular complexity index is 1050. The van der Waals surface area contributed by atoms with E-state index in [0.717, 1.165) is 24.8 Å². The van der Waals surface area contributed by atoms with Gasteiger partial charge in [-0.25, -0.2) is 4.39 Å². The van der Waals surface area contributed by atoms with E-state index in [9.17, 15) is 9.18 Å². The number of likely N-dealkylation sites (tertiary alicyclic amines) is 1. The van der Waals surface area contributed by atoms with Gasteiger partial charge >= 0.3 is 0 Å². The number of aromatic nitrogens is 3. The van der Waals surface area contributed by atoms with E-state index in [0.29, 0.717) is 60.7 Å². The fourth-order valence-corrected chi connectivity index (χ4v) is 4.03.